The highest BCUT2D eigenvalue weighted by molar-refractivity contribution is 5.96. The van der Waals surface area contributed by atoms with Gasteiger partial charge in [0, 0.05) is 23.1 Å². The zero-order chi connectivity index (χ0) is 23.8. The molecule has 30 heavy (non-hydrogen) atoms. The quantitative estimate of drug-likeness (QED) is 0.531. The lowest BCUT2D eigenvalue weighted by molar-refractivity contribution is -0.117. The Hall–Kier alpha value is -4.02. The number of rotatable bonds is 7. The molecule has 3 aromatic rings. The van der Waals surface area contributed by atoms with Gasteiger partial charge < -0.3 is 20.5 Å². The van der Waals surface area contributed by atoms with Crippen LogP contribution in [-0.4, -0.2) is 49.1 Å². The Kier molecular flexibility index (Phi) is 4.11. The van der Waals surface area contributed by atoms with E-state index in [2.05, 4.69) is 30.9 Å². The van der Waals surface area contributed by atoms with Gasteiger partial charge in [-0.15, -0.1) is 10.2 Å². The minimum absolute atomic E-state index is 0.0682. The van der Waals surface area contributed by atoms with Crippen molar-refractivity contribution in [2.45, 2.75) is 12.8 Å². The Bertz CT molecular complexity index is 1220. The average Bonchev–Trinajstić information content (AvgIpc) is 3.49. The maximum absolute atomic E-state index is 12.0. The van der Waals surface area contributed by atoms with Gasteiger partial charge in [0.2, 0.25) is 5.91 Å². The zero-order valence-electron chi connectivity index (χ0n) is 18.8. The SMILES string of the molecule is [2H]C([2H])([2H])n1cnc(-c2cccc(Nc3cc(NC(=O)C4CC4)nnc3C(=O)O)c2OC)n1. The summed E-state index contributed by atoms with van der Waals surface area (Å²) in [5.41, 5.74) is 0.429. The molecule has 11 heteroatoms. The van der Waals surface area contributed by atoms with Gasteiger partial charge in [-0.3, -0.25) is 9.48 Å². The number of nitrogens with one attached hydrogen (secondary N) is 2. The molecule has 1 aliphatic carbocycles. The van der Waals surface area contributed by atoms with E-state index in [4.69, 9.17) is 8.85 Å². The Morgan fingerprint density at radius 1 is 1.30 bits per heavy atom. The number of carboxylic acid groups (broad SMARTS) is 1. The molecule has 3 N–H and O–H groups in total. The second-order valence-electron chi connectivity index (χ2n) is 6.58. The van der Waals surface area contributed by atoms with E-state index in [9.17, 15) is 14.7 Å². The molecule has 0 atom stereocenters. The van der Waals surface area contributed by atoms with Crippen LogP contribution in [0.5, 0.6) is 5.75 Å². The molecular weight excluding hydrogens is 390 g/mol. The Morgan fingerprint density at radius 3 is 2.80 bits per heavy atom. The normalized spacial score (nSPS) is 14.9. The molecule has 11 nitrogen and oxygen atoms in total. The maximum atomic E-state index is 12.0. The van der Waals surface area contributed by atoms with E-state index in [1.54, 1.807) is 18.2 Å². The van der Waals surface area contributed by atoms with Crippen LogP contribution in [0.1, 0.15) is 27.4 Å². The fourth-order valence-corrected chi connectivity index (χ4v) is 2.84. The van der Waals surface area contributed by atoms with Gasteiger partial charge in [0.15, 0.2) is 23.1 Å². The summed E-state index contributed by atoms with van der Waals surface area (Å²) in [7, 11) is 1.40. The highest BCUT2D eigenvalue weighted by Gasteiger charge is 2.30. The summed E-state index contributed by atoms with van der Waals surface area (Å²) in [5.74, 6) is -1.13. The van der Waals surface area contributed by atoms with Crippen LogP contribution in [0.4, 0.5) is 17.2 Å². The molecule has 1 fully saturated rings. The summed E-state index contributed by atoms with van der Waals surface area (Å²) in [6, 6.07) is 6.26. The number of carboxylic acids is 1. The van der Waals surface area contributed by atoms with E-state index in [0.717, 1.165) is 23.9 Å². The van der Waals surface area contributed by atoms with Gasteiger partial charge >= 0.3 is 5.97 Å². The number of benzene rings is 1. The van der Waals surface area contributed by atoms with Gasteiger partial charge in [0.25, 0.3) is 0 Å². The Labute approximate surface area is 175 Å². The average molecular weight is 412 g/mol. The largest absolute Gasteiger partial charge is 0.494 e. The van der Waals surface area contributed by atoms with Crippen molar-refractivity contribution < 1.29 is 23.5 Å². The van der Waals surface area contributed by atoms with E-state index in [-0.39, 0.29) is 40.6 Å². The van der Waals surface area contributed by atoms with Crippen LogP contribution in [0, 0.1) is 5.92 Å². The highest BCUT2D eigenvalue weighted by Crippen LogP contribution is 2.37. The van der Waals surface area contributed by atoms with Gasteiger partial charge in [0.05, 0.1) is 24.0 Å². The van der Waals surface area contributed by atoms with Gasteiger partial charge in [-0.2, -0.15) is 5.10 Å². The van der Waals surface area contributed by atoms with E-state index in [1.165, 1.54) is 13.2 Å². The molecule has 0 saturated heterocycles. The second-order valence-corrected chi connectivity index (χ2v) is 6.58. The van der Waals surface area contributed by atoms with Crippen molar-refractivity contribution >= 4 is 29.1 Å². The van der Waals surface area contributed by atoms with Crippen LogP contribution in [0.15, 0.2) is 30.6 Å². The van der Waals surface area contributed by atoms with Crippen molar-refractivity contribution in [2.75, 3.05) is 17.7 Å². The van der Waals surface area contributed by atoms with E-state index in [0.29, 0.717) is 11.3 Å². The van der Waals surface area contributed by atoms with Gasteiger partial charge in [-0.05, 0) is 25.0 Å². The third-order valence-corrected chi connectivity index (χ3v) is 4.42. The maximum Gasteiger partial charge on any atom is 0.358 e. The summed E-state index contributed by atoms with van der Waals surface area (Å²) in [5, 5.41) is 26.6. The lowest BCUT2D eigenvalue weighted by Gasteiger charge is -2.15. The lowest BCUT2D eigenvalue weighted by atomic mass is 10.1. The topological polar surface area (TPSA) is 144 Å². The van der Waals surface area contributed by atoms with Crippen LogP contribution < -0.4 is 15.4 Å². The molecule has 1 saturated carbocycles. The second kappa shape index (κ2) is 7.78. The van der Waals surface area contributed by atoms with Crippen molar-refractivity contribution in [1.29, 1.82) is 0 Å². The first-order valence-corrected chi connectivity index (χ1v) is 8.96. The van der Waals surface area contributed by atoms with Crippen LogP contribution in [0.3, 0.4) is 0 Å². The fraction of sp³-hybridized carbons (Fsp3) is 0.263. The smallest absolute Gasteiger partial charge is 0.358 e. The number of hydrogen-bond donors (Lipinski definition) is 3. The zero-order valence-corrected chi connectivity index (χ0v) is 15.8. The predicted molar refractivity (Wildman–Crippen MR) is 107 cm³/mol. The molecule has 0 unspecified atom stereocenters. The molecule has 1 aromatic carbocycles. The monoisotopic (exact) mass is 412 g/mol. The van der Waals surface area contributed by atoms with Crippen molar-refractivity contribution in [2.24, 2.45) is 12.9 Å². The first-order chi connectivity index (χ1) is 15.7. The van der Waals surface area contributed by atoms with E-state index in [1.807, 2.05) is 0 Å². The summed E-state index contributed by atoms with van der Waals surface area (Å²) in [4.78, 5) is 27.8. The van der Waals surface area contributed by atoms with Crippen LogP contribution >= 0.6 is 0 Å². The van der Waals surface area contributed by atoms with Gasteiger partial charge in [-0.1, -0.05) is 6.07 Å². The van der Waals surface area contributed by atoms with E-state index >= 15 is 0 Å². The summed E-state index contributed by atoms with van der Waals surface area (Å²) in [6.07, 6.45) is 2.69. The van der Waals surface area contributed by atoms with Crippen molar-refractivity contribution in [3.8, 4) is 17.1 Å². The van der Waals surface area contributed by atoms with Crippen LogP contribution in [0.25, 0.3) is 11.4 Å². The fourth-order valence-electron chi connectivity index (χ4n) is 2.84. The molecule has 2 heterocycles. The third kappa shape index (κ3) is 3.90. The molecule has 0 bridgehead atoms. The van der Waals surface area contributed by atoms with Gasteiger partial charge in [0.1, 0.15) is 6.33 Å². The lowest BCUT2D eigenvalue weighted by Crippen LogP contribution is -2.16. The number of aromatic nitrogens is 5. The summed E-state index contributed by atoms with van der Waals surface area (Å²) < 4.78 is 28.6. The van der Waals surface area contributed by atoms with Crippen molar-refractivity contribution in [3.05, 3.63) is 36.3 Å². The molecule has 0 aliphatic heterocycles. The Balaban J connectivity index is 1.70. The molecular formula is C19H19N7O4. The van der Waals surface area contributed by atoms with E-state index < -0.39 is 12.9 Å². The molecule has 154 valence electrons. The molecule has 0 radical (unpaired) electrons. The number of amides is 1. The highest BCUT2D eigenvalue weighted by atomic mass is 16.5. The number of carbonyl (C=O) groups excluding carboxylic acids is 1. The van der Waals surface area contributed by atoms with Crippen molar-refractivity contribution in [3.63, 3.8) is 0 Å². The summed E-state index contributed by atoms with van der Waals surface area (Å²) >= 11 is 0. The number of ether oxygens (including phenoxy) is 1. The predicted octanol–water partition coefficient (Wildman–Crippen LogP) is 2.07. The van der Waals surface area contributed by atoms with Gasteiger partial charge in [-0.25, -0.2) is 9.78 Å². The van der Waals surface area contributed by atoms with Crippen LogP contribution in [0.2, 0.25) is 0 Å². The minimum Gasteiger partial charge on any atom is -0.494 e. The van der Waals surface area contributed by atoms with Crippen LogP contribution in [-0.2, 0) is 11.8 Å². The van der Waals surface area contributed by atoms with Crippen molar-refractivity contribution in [1.82, 2.24) is 25.0 Å². The molecule has 2 aromatic heterocycles. The molecule has 1 amide bonds. The number of hydrogen-bond acceptors (Lipinski definition) is 8. The summed E-state index contributed by atoms with van der Waals surface area (Å²) in [6.45, 7) is -2.49. The molecule has 4 rings (SSSR count). The number of para-hydroxylation sites is 1. The molecule has 0 spiro atoms. The first kappa shape index (κ1) is 15.9. The number of methoxy groups -OCH3 is 1. The number of aryl methyl sites for hydroxylation is 1. The number of aromatic carboxylic acids is 1. The molecule has 1 aliphatic rings. The Morgan fingerprint density at radius 2 is 2.13 bits per heavy atom. The number of anilines is 3. The standard InChI is InChI=1S/C19H19N7O4/c1-26-9-20-17(25-26)11-4-3-5-12(16(11)30-2)21-13-8-14(22-18(27)10-6-7-10)23-24-15(13)19(28)29/h3-5,8-10H,6-7H2,1-2H3,(H,28,29)(H2,21,22,23,27)/i1D3. The minimum atomic E-state index is -2.49. The number of nitrogens with zero attached hydrogens (tertiary/aromatic N) is 5. The third-order valence-electron chi connectivity index (χ3n) is 4.42. The number of carbonyl (C=O) groups is 2. The first-order valence-electron chi connectivity index (χ1n) is 10.5.